The van der Waals surface area contributed by atoms with Crippen LogP contribution < -0.4 is 9.47 Å². The molecule has 12 nitrogen and oxygen atoms in total. The van der Waals surface area contributed by atoms with E-state index >= 15 is 0 Å². The molecule has 0 aliphatic carbocycles. The number of pyridine rings is 2. The monoisotopic (exact) mass is 828 g/mol. The van der Waals surface area contributed by atoms with Crippen LogP contribution in [0, 0.1) is 46.5 Å². The molecule has 312 valence electrons. The fourth-order valence-electron chi connectivity index (χ4n) is 5.35. The van der Waals surface area contributed by atoms with Crippen LogP contribution in [-0.4, -0.2) is 111 Å². The molecule has 0 N–H and O–H groups in total. The van der Waals surface area contributed by atoms with Gasteiger partial charge in [0.25, 0.3) is 0 Å². The van der Waals surface area contributed by atoms with Crippen molar-refractivity contribution in [3.8, 4) is 11.5 Å². The highest BCUT2D eigenvalue weighted by molar-refractivity contribution is 5.89. The van der Waals surface area contributed by atoms with Crippen molar-refractivity contribution in [2.24, 2.45) is 0 Å². The molecule has 0 unspecified atom stereocenters. The number of halogens is 8. The van der Waals surface area contributed by atoms with Crippen molar-refractivity contribution in [1.82, 2.24) is 19.8 Å². The molecule has 0 amide bonds. The van der Waals surface area contributed by atoms with Crippen LogP contribution in [0.25, 0.3) is 0 Å². The fraction of sp³-hybridized carbons (Fsp3) is 0.368. The van der Waals surface area contributed by atoms with E-state index in [1.54, 1.807) is 12.1 Å². The van der Waals surface area contributed by atoms with Gasteiger partial charge >= 0.3 is 11.9 Å². The van der Waals surface area contributed by atoms with Crippen LogP contribution in [0.5, 0.6) is 11.5 Å². The summed E-state index contributed by atoms with van der Waals surface area (Å²) in [5.74, 6) is -20.1. The molecule has 0 radical (unpaired) electrons. The summed E-state index contributed by atoms with van der Waals surface area (Å²) < 4.78 is 143. The van der Waals surface area contributed by atoms with E-state index in [4.69, 9.17) is 18.9 Å². The maximum atomic E-state index is 14.1. The zero-order valence-corrected chi connectivity index (χ0v) is 30.6. The maximum Gasteiger partial charge on any atom is 0.362 e. The number of carbonyl (C=O) groups excluding carboxylic acids is 2. The molecule has 0 spiro atoms. The summed E-state index contributed by atoms with van der Waals surface area (Å²) in [6, 6.07) is 8.53. The highest BCUT2D eigenvalue weighted by atomic mass is 19.2. The lowest BCUT2D eigenvalue weighted by Crippen LogP contribution is -2.33. The van der Waals surface area contributed by atoms with Gasteiger partial charge in [-0.25, -0.2) is 37.1 Å². The number of rotatable bonds is 8. The second-order valence-corrected chi connectivity index (χ2v) is 12.4. The highest BCUT2D eigenvalue weighted by Crippen LogP contribution is 2.28. The lowest BCUT2D eigenvalue weighted by Gasteiger charge is -2.23. The van der Waals surface area contributed by atoms with Crippen molar-refractivity contribution in [3.63, 3.8) is 0 Å². The predicted molar refractivity (Wildman–Crippen MR) is 185 cm³/mol. The number of benzene rings is 2. The first-order valence-corrected chi connectivity index (χ1v) is 17.7. The van der Waals surface area contributed by atoms with Gasteiger partial charge in [-0.15, -0.1) is 0 Å². The predicted octanol–water partition coefficient (Wildman–Crippen LogP) is 5.41. The van der Waals surface area contributed by atoms with Crippen LogP contribution in [0.15, 0.2) is 48.5 Å². The molecule has 2 aromatic heterocycles. The Kier molecular flexibility index (Phi) is 16.4. The molecule has 5 rings (SSSR count). The minimum absolute atomic E-state index is 0.00694. The molecule has 0 saturated carbocycles. The molecule has 2 aromatic carbocycles. The van der Waals surface area contributed by atoms with E-state index in [9.17, 15) is 44.7 Å². The number of hydrogen-bond donors (Lipinski definition) is 0. The van der Waals surface area contributed by atoms with Crippen LogP contribution in [0.2, 0.25) is 0 Å². The minimum atomic E-state index is -1.87. The number of aromatic nitrogens is 2. The van der Waals surface area contributed by atoms with E-state index in [0.717, 1.165) is 0 Å². The van der Waals surface area contributed by atoms with Gasteiger partial charge in [-0.3, -0.25) is 9.80 Å². The van der Waals surface area contributed by atoms with Crippen LogP contribution in [0.1, 0.15) is 32.4 Å². The van der Waals surface area contributed by atoms with Crippen LogP contribution in [0.4, 0.5) is 35.1 Å². The maximum absolute atomic E-state index is 14.1. The molecule has 1 saturated heterocycles. The average molecular weight is 829 g/mol. The summed E-state index contributed by atoms with van der Waals surface area (Å²) in [6.45, 7) is 3.98. The van der Waals surface area contributed by atoms with Gasteiger partial charge in [-0.2, -0.15) is 17.6 Å². The molecule has 1 aliphatic heterocycles. The molecule has 1 aliphatic rings. The van der Waals surface area contributed by atoms with E-state index in [0.29, 0.717) is 37.6 Å². The lowest BCUT2D eigenvalue weighted by atomic mass is 10.2. The highest BCUT2D eigenvalue weighted by Gasteiger charge is 2.26. The third kappa shape index (κ3) is 12.4. The Balaban J connectivity index is 1.12. The summed E-state index contributed by atoms with van der Waals surface area (Å²) in [6.07, 6.45) is 0. The molecule has 0 bridgehead atoms. The van der Waals surface area contributed by atoms with Crippen molar-refractivity contribution in [3.05, 3.63) is 118 Å². The number of hydrogen-bond acceptors (Lipinski definition) is 12. The first kappa shape index (κ1) is 44.0. The quantitative estimate of drug-likeness (QED) is 0.0978. The first-order valence-electron chi connectivity index (χ1n) is 17.7. The average Bonchev–Trinajstić information content (AvgIpc) is 3.21. The summed E-state index contributed by atoms with van der Waals surface area (Å²) >= 11 is 0. The van der Waals surface area contributed by atoms with E-state index in [1.807, 2.05) is 9.80 Å². The van der Waals surface area contributed by atoms with Gasteiger partial charge in [0, 0.05) is 51.4 Å². The SMILES string of the molecule is O=C(Oc1c(F)c(F)cc(F)c1F)c1cccc(CN2CCOCCOCCN(Cc3cccc(C(=O)Oc4c(F)c(F)cc(F)c4F)n3)CCOCCOCC2)n1. The molecule has 1 fully saturated rings. The molecule has 58 heavy (non-hydrogen) atoms. The van der Waals surface area contributed by atoms with Crippen molar-refractivity contribution < 1.29 is 73.1 Å². The largest absolute Gasteiger partial charge is 0.415 e. The summed E-state index contributed by atoms with van der Waals surface area (Å²) in [5.41, 5.74) is 0.0216. The summed E-state index contributed by atoms with van der Waals surface area (Å²) in [4.78, 5) is 37.5. The van der Waals surface area contributed by atoms with Gasteiger partial charge in [0.2, 0.25) is 34.8 Å². The standard InChI is InChI=1S/C38H36F8N4O8/c39-25-19-26(40)32(44)35(31(25)43)57-37(51)29-5-1-3-23(47-29)21-49-7-11-53-15-17-55-13-9-50(10-14-56-18-16-54-12-8-49)22-24-4-2-6-30(48-24)38(52)58-36-33(45)27(41)20-28(42)34(36)46/h1-6,19-20H,7-18,21-22H2. The Morgan fingerprint density at radius 2 is 0.810 bits per heavy atom. The van der Waals surface area contributed by atoms with E-state index in [2.05, 4.69) is 19.4 Å². The van der Waals surface area contributed by atoms with Gasteiger partial charge in [-0.1, -0.05) is 12.1 Å². The van der Waals surface area contributed by atoms with Crippen molar-refractivity contribution in [2.45, 2.75) is 13.1 Å². The van der Waals surface area contributed by atoms with Crippen molar-refractivity contribution in [1.29, 1.82) is 0 Å². The third-order valence-corrected chi connectivity index (χ3v) is 8.29. The number of ether oxygens (including phenoxy) is 6. The van der Waals surface area contributed by atoms with E-state index in [1.165, 1.54) is 24.3 Å². The molecule has 20 heteroatoms. The van der Waals surface area contributed by atoms with Gasteiger partial charge in [0.05, 0.1) is 64.2 Å². The molecular formula is C38H36F8N4O8. The third-order valence-electron chi connectivity index (χ3n) is 8.29. The molecule has 0 atom stereocenters. The van der Waals surface area contributed by atoms with E-state index in [-0.39, 0.29) is 89.5 Å². The van der Waals surface area contributed by atoms with Gasteiger partial charge in [0.15, 0.2) is 23.3 Å². The number of nitrogens with zero attached hydrogens (tertiary/aromatic N) is 4. The first-order chi connectivity index (χ1) is 27.9. The summed E-state index contributed by atoms with van der Waals surface area (Å²) in [7, 11) is 0. The van der Waals surface area contributed by atoms with Crippen LogP contribution in [-0.2, 0) is 32.0 Å². The van der Waals surface area contributed by atoms with Gasteiger partial charge in [-0.05, 0) is 24.3 Å². The van der Waals surface area contributed by atoms with Crippen molar-refractivity contribution >= 4 is 11.9 Å². The van der Waals surface area contributed by atoms with Gasteiger partial charge in [0.1, 0.15) is 11.4 Å². The van der Waals surface area contributed by atoms with E-state index < -0.39 is 70.0 Å². The Bertz CT molecular complexity index is 1830. The Morgan fingerprint density at radius 3 is 1.12 bits per heavy atom. The smallest absolute Gasteiger partial charge is 0.362 e. The second-order valence-electron chi connectivity index (χ2n) is 12.4. The zero-order valence-electron chi connectivity index (χ0n) is 30.6. The molecular weight excluding hydrogens is 792 g/mol. The normalized spacial score (nSPS) is 16.0. The van der Waals surface area contributed by atoms with Gasteiger partial charge < -0.3 is 28.4 Å². The molecule has 4 aromatic rings. The minimum Gasteiger partial charge on any atom is -0.415 e. The lowest BCUT2D eigenvalue weighted by molar-refractivity contribution is 0.00597. The zero-order chi connectivity index (χ0) is 41.6. The van der Waals surface area contributed by atoms with Crippen molar-refractivity contribution in [2.75, 3.05) is 79.0 Å². The van der Waals surface area contributed by atoms with Crippen LogP contribution >= 0.6 is 0 Å². The Labute approximate surface area is 326 Å². The Morgan fingerprint density at radius 1 is 0.500 bits per heavy atom. The second kappa shape index (κ2) is 21.6. The molecule has 3 heterocycles. The summed E-state index contributed by atoms with van der Waals surface area (Å²) in [5, 5.41) is 0. The fourth-order valence-corrected chi connectivity index (χ4v) is 5.35. The topological polar surface area (TPSA) is 122 Å². The number of carbonyl (C=O) groups is 2. The Hall–Kier alpha value is -5.12. The van der Waals surface area contributed by atoms with Crippen LogP contribution in [0.3, 0.4) is 0 Å². The number of esters is 2.